The van der Waals surface area contributed by atoms with Gasteiger partial charge in [-0.05, 0) is 78.8 Å². The Morgan fingerprint density at radius 1 is 0.879 bits per heavy atom. The topological polar surface area (TPSA) is 176 Å². The van der Waals surface area contributed by atoms with Gasteiger partial charge in [0.1, 0.15) is 36.0 Å². The number of imidazole rings is 2. The largest absolute Gasteiger partial charge is 0.387 e. The Bertz CT molecular complexity index is 2530. The molecule has 2 aromatic carbocycles. The van der Waals surface area contributed by atoms with Crippen LogP contribution in [0.3, 0.4) is 0 Å². The third kappa shape index (κ3) is 8.00. The summed E-state index contributed by atoms with van der Waals surface area (Å²) < 4.78 is 2.28. The van der Waals surface area contributed by atoms with Gasteiger partial charge in [-0.3, -0.25) is 19.2 Å². The molecule has 5 N–H and O–H groups in total. The first-order valence-corrected chi connectivity index (χ1v) is 21.1. The number of aliphatic hydroxyl groups excluding tert-OH is 1. The number of hydrogen-bond acceptors (Lipinski definition) is 9. The summed E-state index contributed by atoms with van der Waals surface area (Å²) in [5.74, 6) is 6.58. The van der Waals surface area contributed by atoms with Crippen molar-refractivity contribution < 1.29 is 24.3 Å². The highest BCUT2D eigenvalue weighted by Gasteiger charge is 2.38. The molecule has 58 heavy (non-hydrogen) atoms. The molecule has 13 nitrogen and oxygen atoms in total. The Kier molecular flexibility index (Phi) is 11.2. The quantitative estimate of drug-likeness (QED) is 0.106. The Morgan fingerprint density at radius 2 is 1.60 bits per heavy atom. The highest BCUT2D eigenvalue weighted by molar-refractivity contribution is 7.29. The summed E-state index contributed by atoms with van der Waals surface area (Å²) in [6.07, 6.45) is 4.89. The van der Waals surface area contributed by atoms with Crippen LogP contribution in [0.25, 0.3) is 30.9 Å². The number of rotatable bonds is 10. The van der Waals surface area contributed by atoms with Crippen LogP contribution in [0.4, 0.5) is 0 Å². The number of nitrogens with one attached hydrogen (secondary N) is 4. The predicted molar refractivity (Wildman–Crippen MR) is 224 cm³/mol. The normalized spacial score (nSPS) is 17.7. The van der Waals surface area contributed by atoms with Gasteiger partial charge in [-0.2, -0.15) is 0 Å². The minimum absolute atomic E-state index is 0.140. The van der Waals surface area contributed by atoms with E-state index in [9.17, 15) is 24.3 Å². The number of likely N-dealkylation sites (tertiary alicyclic amines) is 2. The summed E-state index contributed by atoms with van der Waals surface area (Å²) in [5.41, 5.74) is 4.20. The molecular formula is C43H44N8O5S2. The molecule has 1 unspecified atom stereocenters. The number of nitrogens with zero attached hydrogens (tertiary/aromatic N) is 4. The van der Waals surface area contributed by atoms with Gasteiger partial charge >= 0.3 is 0 Å². The first-order valence-electron chi connectivity index (χ1n) is 19.5. The van der Waals surface area contributed by atoms with E-state index in [-0.39, 0.29) is 35.7 Å². The molecule has 15 heteroatoms. The van der Waals surface area contributed by atoms with Crippen molar-refractivity contribution in [2.45, 2.75) is 70.6 Å². The Labute approximate surface area is 343 Å². The number of carbonyl (C=O) groups excluding carboxylic acids is 4. The van der Waals surface area contributed by atoms with Crippen molar-refractivity contribution in [3.05, 3.63) is 94.6 Å². The van der Waals surface area contributed by atoms with Crippen LogP contribution in [0.15, 0.2) is 66.9 Å². The predicted octanol–water partition coefficient (Wildman–Crippen LogP) is 5.97. The van der Waals surface area contributed by atoms with E-state index in [1.54, 1.807) is 33.8 Å². The molecule has 0 bridgehead atoms. The molecule has 298 valence electrons. The van der Waals surface area contributed by atoms with Gasteiger partial charge in [-0.15, -0.1) is 22.7 Å². The van der Waals surface area contributed by atoms with Crippen molar-refractivity contribution in [3.8, 4) is 22.3 Å². The van der Waals surface area contributed by atoms with Gasteiger partial charge in [0.15, 0.2) is 0 Å². The van der Waals surface area contributed by atoms with Crippen molar-refractivity contribution in [2.75, 3.05) is 19.7 Å². The first kappa shape index (κ1) is 39.0. The maximum absolute atomic E-state index is 13.9. The van der Waals surface area contributed by atoms with Crippen molar-refractivity contribution >= 4 is 66.7 Å². The lowest BCUT2D eigenvalue weighted by Gasteiger charge is -2.30. The van der Waals surface area contributed by atoms with E-state index in [1.807, 2.05) is 55.1 Å². The maximum Gasteiger partial charge on any atom is 0.250 e. The monoisotopic (exact) mass is 816 g/mol. The lowest BCUT2D eigenvalue weighted by molar-refractivity contribution is -0.139. The average molecular weight is 817 g/mol. The van der Waals surface area contributed by atoms with Gasteiger partial charge in [0.2, 0.25) is 23.6 Å². The molecule has 6 aromatic rings. The Balaban J connectivity index is 0.952. The molecule has 4 aromatic heterocycles. The van der Waals surface area contributed by atoms with E-state index in [0.29, 0.717) is 24.6 Å². The zero-order valence-electron chi connectivity index (χ0n) is 32.4. The number of carbonyl (C=O) groups is 4. The SMILES string of the molecule is CC(=O)N[C@@H](C(=O)N1CCCC1c1nc2ccc(-c3cc4sc(C#Cc5cnc([C@@H]6CCCN6C(=O)[C@@H](NC(=O)CO)C(C)C)[nH]5)cc4s3)cc2[nH]1)c1ccccc1. The summed E-state index contributed by atoms with van der Waals surface area (Å²) in [6.45, 7) is 5.65. The van der Waals surface area contributed by atoms with Gasteiger partial charge in [0.25, 0.3) is 0 Å². The number of benzene rings is 2. The average Bonchev–Trinajstić information content (AvgIpc) is 4.07. The number of fused-ring (bicyclic) bond motifs is 2. The number of amides is 4. The summed E-state index contributed by atoms with van der Waals surface area (Å²) >= 11 is 3.33. The van der Waals surface area contributed by atoms with Crippen molar-refractivity contribution in [1.29, 1.82) is 0 Å². The van der Waals surface area contributed by atoms with Crippen LogP contribution < -0.4 is 10.6 Å². The number of H-pyrrole nitrogens is 2. The number of aromatic amines is 2. The molecule has 2 aliphatic heterocycles. The fourth-order valence-corrected chi connectivity index (χ4v) is 10.2. The number of aliphatic hydroxyl groups is 1. The fraction of sp³-hybridized carbons (Fsp3) is 0.349. The number of thiophene rings is 2. The van der Waals surface area contributed by atoms with Crippen LogP contribution in [-0.2, 0) is 19.2 Å². The third-order valence-electron chi connectivity index (χ3n) is 10.7. The minimum Gasteiger partial charge on any atom is -0.387 e. The molecule has 4 amide bonds. The zero-order valence-corrected chi connectivity index (χ0v) is 34.0. The van der Waals surface area contributed by atoms with E-state index in [4.69, 9.17) is 4.98 Å². The molecule has 4 atom stereocenters. The van der Waals surface area contributed by atoms with Crippen molar-refractivity contribution in [2.24, 2.45) is 5.92 Å². The summed E-state index contributed by atoms with van der Waals surface area (Å²) in [5, 5.41) is 14.7. The zero-order chi connectivity index (χ0) is 40.5. The molecular weight excluding hydrogens is 773 g/mol. The second kappa shape index (κ2) is 16.6. The second-order valence-corrected chi connectivity index (χ2v) is 17.3. The van der Waals surface area contributed by atoms with Crippen LogP contribution in [-0.4, -0.2) is 84.2 Å². The standard InChI is InChI=1S/C43H44N8O5S2/c1-24(2)38(49-37(54)23-52)42(55)50-17-7-11-32(50)40-44-22-28(46-40)14-15-29-20-35-36(57-29)21-34(58-35)27-13-16-30-31(19-27)48-41(47-30)33-12-8-18-51(33)43(56)39(45-25(3)53)26-9-5-4-6-10-26/h4-6,9-10,13,16,19-22,24,32-33,38-39,52H,7-8,11-12,17-18,23H2,1-3H3,(H,44,46)(H,45,53)(H,47,48)(H,49,54)/t32-,33?,38-,39+/m0/s1. The van der Waals surface area contributed by atoms with Crippen LogP contribution >= 0.6 is 22.7 Å². The van der Waals surface area contributed by atoms with Gasteiger partial charge in [-0.1, -0.05) is 50.2 Å². The van der Waals surface area contributed by atoms with Crippen LogP contribution in [0, 0.1) is 17.8 Å². The van der Waals surface area contributed by atoms with Gasteiger partial charge in [0, 0.05) is 34.3 Å². The molecule has 0 radical (unpaired) electrons. The molecule has 2 saturated heterocycles. The summed E-state index contributed by atoms with van der Waals surface area (Å²) in [4.78, 5) is 73.3. The van der Waals surface area contributed by atoms with Crippen LogP contribution in [0.2, 0.25) is 0 Å². The molecule has 8 rings (SSSR count). The third-order valence-corrected chi connectivity index (χ3v) is 13.0. The van der Waals surface area contributed by atoms with Gasteiger partial charge in [0.05, 0.1) is 34.2 Å². The molecule has 2 aliphatic rings. The van der Waals surface area contributed by atoms with E-state index >= 15 is 0 Å². The van der Waals surface area contributed by atoms with E-state index in [1.165, 1.54) is 6.92 Å². The van der Waals surface area contributed by atoms with E-state index < -0.39 is 24.6 Å². The summed E-state index contributed by atoms with van der Waals surface area (Å²) in [7, 11) is 0. The Hall–Kier alpha value is -5.82. The van der Waals surface area contributed by atoms with Crippen LogP contribution in [0.1, 0.15) is 92.4 Å². The first-order chi connectivity index (χ1) is 28.1. The molecule has 0 aliphatic carbocycles. The lowest BCUT2D eigenvalue weighted by atomic mass is 10.0. The lowest BCUT2D eigenvalue weighted by Crippen LogP contribution is -2.51. The highest BCUT2D eigenvalue weighted by Crippen LogP contribution is 2.40. The highest BCUT2D eigenvalue weighted by atomic mass is 32.1. The number of hydrogen-bond donors (Lipinski definition) is 5. The Morgan fingerprint density at radius 3 is 2.31 bits per heavy atom. The van der Waals surface area contributed by atoms with Crippen LogP contribution in [0.5, 0.6) is 0 Å². The minimum atomic E-state index is -0.764. The molecule has 0 saturated carbocycles. The van der Waals surface area contributed by atoms with Crippen molar-refractivity contribution in [1.82, 2.24) is 40.4 Å². The molecule has 0 spiro atoms. The fourth-order valence-electron chi connectivity index (χ4n) is 7.92. The number of aromatic nitrogens is 4. The second-order valence-electron chi connectivity index (χ2n) is 15.1. The van der Waals surface area contributed by atoms with Crippen molar-refractivity contribution in [3.63, 3.8) is 0 Å². The van der Waals surface area contributed by atoms with Gasteiger partial charge < -0.3 is 35.5 Å². The maximum atomic E-state index is 13.9. The van der Waals surface area contributed by atoms with E-state index in [2.05, 4.69) is 61.7 Å². The summed E-state index contributed by atoms with van der Waals surface area (Å²) in [6, 6.07) is 17.9. The van der Waals surface area contributed by atoms with E-state index in [0.717, 1.165) is 72.8 Å². The molecule has 2 fully saturated rings. The smallest absolute Gasteiger partial charge is 0.250 e. The van der Waals surface area contributed by atoms with Gasteiger partial charge in [-0.25, -0.2) is 9.97 Å². The molecule has 6 heterocycles.